The maximum atomic E-state index is 11.7. The minimum Gasteiger partial charge on any atom is -0.462 e. The van der Waals surface area contributed by atoms with E-state index in [2.05, 4.69) is 13.8 Å². The van der Waals surface area contributed by atoms with Gasteiger partial charge in [-0.1, -0.05) is 26.7 Å². The molecule has 4 aliphatic carbocycles. The van der Waals surface area contributed by atoms with Gasteiger partial charge in [0.25, 0.3) is 0 Å². The number of ether oxygens (including phenoxy) is 1. The topological polar surface area (TPSA) is 46.5 Å². The second-order valence-electron chi connectivity index (χ2n) is 10.6. The van der Waals surface area contributed by atoms with Crippen LogP contribution in [0.15, 0.2) is 0 Å². The van der Waals surface area contributed by atoms with Gasteiger partial charge in [-0.3, -0.25) is 4.79 Å². The third-order valence-electron chi connectivity index (χ3n) is 9.51. The molecule has 4 aliphatic rings. The monoisotopic (exact) mass is 362 g/mol. The van der Waals surface area contributed by atoms with Crippen LogP contribution in [0.3, 0.4) is 0 Å². The summed E-state index contributed by atoms with van der Waals surface area (Å²) in [4.78, 5) is 11.7. The van der Waals surface area contributed by atoms with Crippen molar-refractivity contribution in [3.63, 3.8) is 0 Å². The molecule has 0 aromatic rings. The zero-order valence-corrected chi connectivity index (χ0v) is 17.2. The number of rotatable bonds is 2. The smallest absolute Gasteiger partial charge is 0.302 e. The van der Waals surface area contributed by atoms with Crippen molar-refractivity contribution >= 4 is 5.97 Å². The minimum atomic E-state index is -0.410. The Balaban J connectivity index is 1.64. The van der Waals surface area contributed by atoms with Gasteiger partial charge in [0, 0.05) is 12.8 Å². The van der Waals surface area contributed by atoms with Crippen molar-refractivity contribution in [3.05, 3.63) is 0 Å². The molecule has 0 radical (unpaired) electrons. The summed E-state index contributed by atoms with van der Waals surface area (Å²) in [5, 5.41) is 10.6. The SMILES string of the molecule is CC(=O)O[C@@H]1C[C@H]2[C@@H]3CC[C@@H]4CCCC[C@]4(C)[C@H]3CC[C@]2(C)[C@H]1[C@@H](C)O. The van der Waals surface area contributed by atoms with Crippen molar-refractivity contribution in [2.24, 2.45) is 40.4 Å². The van der Waals surface area contributed by atoms with Crippen molar-refractivity contribution < 1.29 is 14.6 Å². The third kappa shape index (κ3) is 2.67. The highest BCUT2D eigenvalue weighted by molar-refractivity contribution is 5.66. The van der Waals surface area contributed by atoms with E-state index in [-0.39, 0.29) is 23.4 Å². The number of aliphatic hydroxyl groups excluding tert-OH is 1. The predicted molar refractivity (Wildman–Crippen MR) is 102 cm³/mol. The second-order valence-corrected chi connectivity index (χ2v) is 10.6. The maximum absolute atomic E-state index is 11.7. The van der Waals surface area contributed by atoms with Crippen molar-refractivity contribution in [3.8, 4) is 0 Å². The lowest BCUT2D eigenvalue weighted by Crippen LogP contribution is -2.53. The van der Waals surface area contributed by atoms with Crippen LogP contribution in [0.4, 0.5) is 0 Å². The Labute approximate surface area is 159 Å². The average molecular weight is 363 g/mol. The van der Waals surface area contributed by atoms with E-state index in [0.717, 1.165) is 24.2 Å². The highest BCUT2D eigenvalue weighted by Crippen LogP contribution is 2.68. The Morgan fingerprint density at radius 2 is 1.81 bits per heavy atom. The van der Waals surface area contributed by atoms with Crippen LogP contribution in [-0.2, 0) is 9.53 Å². The normalized spacial score (nSPS) is 51.7. The number of fused-ring (bicyclic) bond motifs is 5. The first-order valence-electron chi connectivity index (χ1n) is 11.1. The predicted octanol–water partition coefficient (Wildman–Crippen LogP) is 4.96. The molecule has 0 aromatic carbocycles. The molecule has 0 aromatic heterocycles. The molecule has 26 heavy (non-hydrogen) atoms. The molecule has 3 heteroatoms. The van der Waals surface area contributed by atoms with Gasteiger partial charge in [-0.2, -0.15) is 0 Å². The van der Waals surface area contributed by atoms with Crippen LogP contribution in [0.25, 0.3) is 0 Å². The van der Waals surface area contributed by atoms with Crippen LogP contribution < -0.4 is 0 Å². The fourth-order valence-electron chi connectivity index (χ4n) is 8.52. The van der Waals surface area contributed by atoms with Crippen molar-refractivity contribution in [2.45, 2.75) is 97.7 Å². The lowest BCUT2D eigenvalue weighted by atomic mass is 9.45. The van der Waals surface area contributed by atoms with E-state index in [1.54, 1.807) is 0 Å². The van der Waals surface area contributed by atoms with Crippen molar-refractivity contribution in [1.82, 2.24) is 0 Å². The first-order chi connectivity index (χ1) is 12.3. The van der Waals surface area contributed by atoms with Crippen LogP contribution in [0, 0.1) is 40.4 Å². The average Bonchev–Trinajstić information content (AvgIpc) is 2.85. The molecule has 4 saturated carbocycles. The quantitative estimate of drug-likeness (QED) is 0.706. The van der Waals surface area contributed by atoms with Gasteiger partial charge < -0.3 is 9.84 Å². The van der Waals surface area contributed by atoms with E-state index in [1.807, 2.05) is 6.92 Å². The highest BCUT2D eigenvalue weighted by Gasteiger charge is 2.63. The van der Waals surface area contributed by atoms with Crippen LogP contribution >= 0.6 is 0 Å². The lowest BCUT2D eigenvalue weighted by Gasteiger charge is -2.60. The summed E-state index contributed by atoms with van der Waals surface area (Å²) >= 11 is 0. The Morgan fingerprint density at radius 1 is 1.04 bits per heavy atom. The van der Waals surface area contributed by atoms with E-state index in [0.29, 0.717) is 11.3 Å². The van der Waals surface area contributed by atoms with E-state index in [4.69, 9.17) is 4.74 Å². The largest absolute Gasteiger partial charge is 0.462 e. The number of carbonyl (C=O) groups is 1. The number of esters is 1. The molecule has 0 bridgehead atoms. The summed E-state index contributed by atoms with van der Waals surface area (Å²) in [5.74, 6) is 3.03. The molecule has 4 fully saturated rings. The van der Waals surface area contributed by atoms with Crippen molar-refractivity contribution in [1.29, 1.82) is 0 Å². The Bertz CT molecular complexity index is 558. The number of hydrogen-bond acceptors (Lipinski definition) is 3. The van der Waals surface area contributed by atoms with Gasteiger partial charge in [0.05, 0.1) is 6.10 Å². The number of aliphatic hydroxyl groups is 1. The summed E-state index contributed by atoms with van der Waals surface area (Å²) < 4.78 is 5.75. The van der Waals surface area contributed by atoms with E-state index < -0.39 is 6.10 Å². The fourth-order valence-corrected chi connectivity index (χ4v) is 8.52. The molecule has 0 spiro atoms. The zero-order chi connectivity index (χ0) is 18.7. The summed E-state index contributed by atoms with van der Waals surface area (Å²) in [5.41, 5.74) is 0.648. The van der Waals surface area contributed by atoms with Gasteiger partial charge in [0.15, 0.2) is 0 Å². The standard InChI is InChI=1S/C23H38O3/c1-14(24)21-20(26-15(2)25)13-19-17-9-8-16-7-5-6-11-22(16,3)18(17)10-12-23(19,21)4/h14,16-21,24H,5-13H2,1-4H3/t14-,16+,17-,18+,19+,20-,21+,22+,23+/m1/s1. The van der Waals surface area contributed by atoms with E-state index in [1.165, 1.54) is 58.3 Å². The molecule has 0 aliphatic heterocycles. The summed E-state index contributed by atoms with van der Waals surface area (Å²) in [6.45, 7) is 8.41. The van der Waals surface area contributed by atoms with Gasteiger partial charge in [0.2, 0.25) is 0 Å². The molecule has 0 unspecified atom stereocenters. The van der Waals surface area contributed by atoms with Crippen LogP contribution in [-0.4, -0.2) is 23.3 Å². The van der Waals surface area contributed by atoms with Gasteiger partial charge in [0.1, 0.15) is 6.10 Å². The molecule has 0 amide bonds. The molecule has 9 atom stereocenters. The van der Waals surface area contributed by atoms with Crippen LogP contribution in [0.2, 0.25) is 0 Å². The fraction of sp³-hybridized carbons (Fsp3) is 0.957. The first kappa shape index (κ1) is 18.8. The number of carbonyl (C=O) groups excluding carboxylic acids is 1. The van der Waals surface area contributed by atoms with Gasteiger partial charge in [-0.25, -0.2) is 0 Å². The molecule has 0 saturated heterocycles. The van der Waals surface area contributed by atoms with Crippen LogP contribution in [0.5, 0.6) is 0 Å². The Hall–Kier alpha value is -0.570. The molecule has 4 rings (SSSR count). The van der Waals surface area contributed by atoms with Gasteiger partial charge >= 0.3 is 5.97 Å². The van der Waals surface area contributed by atoms with Crippen molar-refractivity contribution in [2.75, 3.05) is 0 Å². The molecular weight excluding hydrogens is 324 g/mol. The number of hydrogen-bond donors (Lipinski definition) is 1. The maximum Gasteiger partial charge on any atom is 0.302 e. The third-order valence-corrected chi connectivity index (χ3v) is 9.51. The summed E-state index contributed by atoms with van der Waals surface area (Å²) in [6.07, 6.45) is 11.4. The van der Waals surface area contributed by atoms with Gasteiger partial charge in [-0.15, -0.1) is 0 Å². The second kappa shape index (κ2) is 6.50. The highest BCUT2D eigenvalue weighted by atomic mass is 16.5. The van der Waals surface area contributed by atoms with E-state index in [9.17, 15) is 9.90 Å². The molecule has 0 heterocycles. The molecule has 3 nitrogen and oxygen atoms in total. The zero-order valence-electron chi connectivity index (χ0n) is 17.2. The first-order valence-corrected chi connectivity index (χ1v) is 11.1. The minimum absolute atomic E-state index is 0.0919. The summed E-state index contributed by atoms with van der Waals surface area (Å²) in [7, 11) is 0. The lowest BCUT2D eigenvalue weighted by molar-refractivity contribution is -0.152. The van der Waals surface area contributed by atoms with Crippen LogP contribution in [0.1, 0.15) is 85.5 Å². The molecule has 1 N–H and O–H groups in total. The molecular formula is C23H38O3. The van der Waals surface area contributed by atoms with Gasteiger partial charge in [-0.05, 0) is 86.4 Å². The Morgan fingerprint density at radius 3 is 2.50 bits per heavy atom. The van der Waals surface area contributed by atoms with E-state index >= 15 is 0 Å². The molecule has 148 valence electrons. The Kier molecular flexibility index (Phi) is 4.69. The summed E-state index contributed by atoms with van der Waals surface area (Å²) in [6, 6.07) is 0.